The van der Waals surface area contributed by atoms with E-state index in [1.54, 1.807) is 0 Å². The first-order valence-electron chi connectivity index (χ1n) is 6.93. The van der Waals surface area contributed by atoms with Crippen LogP contribution < -0.4 is 0 Å². The average molecular weight is 203 g/mol. The molecule has 0 amide bonds. The smallest absolute Gasteiger partial charge is 0.0419 e. The van der Waals surface area contributed by atoms with E-state index < -0.39 is 0 Å². The fourth-order valence-corrected chi connectivity index (χ4v) is 3.86. The van der Waals surface area contributed by atoms with E-state index >= 15 is 0 Å². The van der Waals surface area contributed by atoms with E-state index in [9.17, 15) is 0 Å². The highest BCUT2D eigenvalue weighted by Crippen LogP contribution is 2.56. The summed E-state index contributed by atoms with van der Waals surface area (Å²) in [5, 5.41) is 0. The van der Waals surface area contributed by atoms with Crippen molar-refractivity contribution in [3.8, 4) is 0 Å². The second-order valence-corrected chi connectivity index (χ2v) is 6.35. The standard InChI is InChI=1S/C14H21N/c1-2-9(1)12-7-15-8-13(10-3-4-10)14(12)11-5-6-11/h7,9-14H,1-6,8H2. The molecule has 0 spiro atoms. The van der Waals surface area contributed by atoms with E-state index in [0.29, 0.717) is 0 Å². The van der Waals surface area contributed by atoms with E-state index in [1.165, 1.54) is 45.1 Å². The zero-order valence-electron chi connectivity index (χ0n) is 9.44. The van der Waals surface area contributed by atoms with Crippen molar-refractivity contribution >= 4 is 6.21 Å². The fourth-order valence-electron chi connectivity index (χ4n) is 3.86. The van der Waals surface area contributed by atoms with Gasteiger partial charge in [0, 0.05) is 18.7 Å². The molecule has 3 saturated carbocycles. The molecular formula is C14H21N. The zero-order chi connectivity index (χ0) is 9.83. The highest BCUT2D eigenvalue weighted by molar-refractivity contribution is 5.63. The number of rotatable bonds is 3. The Balaban J connectivity index is 1.60. The first kappa shape index (κ1) is 8.78. The first-order valence-corrected chi connectivity index (χ1v) is 6.93. The van der Waals surface area contributed by atoms with Crippen LogP contribution >= 0.6 is 0 Å². The molecule has 4 aliphatic rings. The summed E-state index contributed by atoms with van der Waals surface area (Å²) in [6.07, 6.45) is 11.4. The van der Waals surface area contributed by atoms with E-state index in [0.717, 1.165) is 35.5 Å². The second kappa shape index (κ2) is 3.09. The minimum atomic E-state index is 0.900. The molecule has 3 unspecified atom stereocenters. The second-order valence-electron chi connectivity index (χ2n) is 6.35. The van der Waals surface area contributed by atoms with Gasteiger partial charge in [0.15, 0.2) is 0 Å². The van der Waals surface area contributed by atoms with Crippen molar-refractivity contribution in [2.24, 2.45) is 40.5 Å². The lowest BCUT2D eigenvalue weighted by molar-refractivity contribution is 0.196. The molecule has 0 aromatic carbocycles. The molecule has 15 heavy (non-hydrogen) atoms. The Morgan fingerprint density at radius 2 is 1.47 bits per heavy atom. The maximum absolute atomic E-state index is 4.70. The van der Waals surface area contributed by atoms with Crippen LogP contribution in [-0.4, -0.2) is 12.8 Å². The molecule has 3 fully saturated rings. The van der Waals surface area contributed by atoms with Gasteiger partial charge < -0.3 is 0 Å². The molecule has 1 heteroatoms. The first-order chi connectivity index (χ1) is 7.43. The van der Waals surface area contributed by atoms with Crippen LogP contribution in [0.15, 0.2) is 4.99 Å². The fraction of sp³-hybridized carbons (Fsp3) is 0.929. The van der Waals surface area contributed by atoms with Crippen LogP contribution in [0, 0.1) is 35.5 Å². The van der Waals surface area contributed by atoms with E-state index in [1.807, 2.05) is 0 Å². The van der Waals surface area contributed by atoms with Crippen molar-refractivity contribution in [1.82, 2.24) is 0 Å². The maximum Gasteiger partial charge on any atom is 0.0419 e. The summed E-state index contributed by atoms with van der Waals surface area (Å²) < 4.78 is 0. The Kier molecular flexibility index (Phi) is 1.81. The number of hydrogen-bond acceptors (Lipinski definition) is 1. The molecule has 1 heterocycles. The van der Waals surface area contributed by atoms with Crippen LogP contribution in [0.3, 0.4) is 0 Å². The Hall–Kier alpha value is -0.330. The normalized spacial score (nSPS) is 45.7. The monoisotopic (exact) mass is 203 g/mol. The molecule has 0 radical (unpaired) electrons. The largest absolute Gasteiger partial charge is 0.297 e. The Bertz CT molecular complexity index is 284. The van der Waals surface area contributed by atoms with Crippen molar-refractivity contribution in [2.45, 2.75) is 38.5 Å². The third-order valence-electron chi connectivity index (χ3n) is 5.09. The maximum atomic E-state index is 4.70. The summed E-state index contributed by atoms with van der Waals surface area (Å²) in [6.45, 7) is 1.18. The van der Waals surface area contributed by atoms with Gasteiger partial charge in [0.2, 0.25) is 0 Å². The van der Waals surface area contributed by atoms with Gasteiger partial charge >= 0.3 is 0 Å². The molecule has 0 bridgehead atoms. The third kappa shape index (κ3) is 1.55. The lowest BCUT2D eigenvalue weighted by atomic mass is 9.72. The summed E-state index contributed by atoms with van der Waals surface area (Å²) >= 11 is 0. The molecule has 0 N–H and O–H groups in total. The lowest BCUT2D eigenvalue weighted by Crippen LogP contribution is -2.34. The topological polar surface area (TPSA) is 12.4 Å². The van der Waals surface area contributed by atoms with Crippen LogP contribution in [-0.2, 0) is 0 Å². The number of aliphatic imine (C=N–C) groups is 1. The number of nitrogens with zero attached hydrogens (tertiary/aromatic N) is 1. The number of hydrogen-bond donors (Lipinski definition) is 0. The van der Waals surface area contributed by atoms with Crippen molar-refractivity contribution in [2.75, 3.05) is 6.54 Å². The Morgan fingerprint density at radius 1 is 0.800 bits per heavy atom. The summed E-state index contributed by atoms with van der Waals surface area (Å²) in [5.41, 5.74) is 0. The van der Waals surface area contributed by atoms with Gasteiger partial charge in [-0.1, -0.05) is 0 Å². The Labute approximate surface area is 92.4 Å². The van der Waals surface area contributed by atoms with Crippen LogP contribution in [0.25, 0.3) is 0 Å². The van der Waals surface area contributed by atoms with Crippen LogP contribution in [0.5, 0.6) is 0 Å². The van der Waals surface area contributed by atoms with Gasteiger partial charge in [0.1, 0.15) is 0 Å². The summed E-state index contributed by atoms with van der Waals surface area (Å²) in [4.78, 5) is 4.70. The van der Waals surface area contributed by atoms with Crippen LogP contribution in [0.2, 0.25) is 0 Å². The molecule has 0 aromatic heterocycles. The van der Waals surface area contributed by atoms with Crippen LogP contribution in [0.4, 0.5) is 0 Å². The van der Waals surface area contributed by atoms with Gasteiger partial charge in [-0.05, 0) is 68.1 Å². The van der Waals surface area contributed by atoms with Gasteiger partial charge in [-0.25, -0.2) is 0 Å². The van der Waals surface area contributed by atoms with Gasteiger partial charge in [-0.2, -0.15) is 0 Å². The average Bonchev–Trinajstić information content (AvgIpc) is 3.19. The molecular weight excluding hydrogens is 182 g/mol. The van der Waals surface area contributed by atoms with Crippen molar-refractivity contribution in [1.29, 1.82) is 0 Å². The lowest BCUT2D eigenvalue weighted by Gasteiger charge is -2.35. The van der Waals surface area contributed by atoms with Crippen molar-refractivity contribution in [3.63, 3.8) is 0 Å². The zero-order valence-corrected chi connectivity index (χ0v) is 9.44. The van der Waals surface area contributed by atoms with E-state index in [2.05, 4.69) is 6.21 Å². The van der Waals surface area contributed by atoms with Gasteiger partial charge in [-0.15, -0.1) is 0 Å². The van der Waals surface area contributed by atoms with E-state index in [4.69, 9.17) is 4.99 Å². The highest BCUT2D eigenvalue weighted by atomic mass is 14.8. The third-order valence-corrected chi connectivity index (χ3v) is 5.09. The highest BCUT2D eigenvalue weighted by Gasteiger charge is 2.50. The van der Waals surface area contributed by atoms with Gasteiger partial charge in [0.25, 0.3) is 0 Å². The van der Waals surface area contributed by atoms with E-state index in [-0.39, 0.29) is 0 Å². The van der Waals surface area contributed by atoms with Crippen LogP contribution in [0.1, 0.15) is 38.5 Å². The summed E-state index contributed by atoms with van der Waals surface area (Å²) in [7, 11) is 0. The molecule has 1 aliphatic heterocycles. The summed E-state index contributed by atoms with van der Waals surface area (Å²) in [5.74, 6) is 6.18. The van der Waals surface area contributed by atoms with Crippen molar-refractivity contribution < 1.29 is 0 Å². The SMILES string of the molecule is C1=NCC(C2CC2)C(C2CC2)C1C1CC1. The minimum absolute atomic E-state index is 0.900. The quantitative estimate of drug-likeness (QED) is 0.668. The Morgan fingerprint density at radius 3 is 2.07 bits per heavy atom. The molecule has 3 aliphatic carbocycles. The molecule has 0 aromatic rings. The molecule has 1 nitrogen and oxygen atoms in total. The molecule has 4 rings (SSSR count). The predicted octanol–water partition coefficient (Wildman–Crippen LogP) is 3.15. The van der Waals surface area contributed by atoms with Gasteiger partial charge in [0.05, 0.1) is 0 Å². The van der Waals surface area contributed by atoms with Crippen molar-refractivity contribution in [3.05, 3.63) is 0 Å². The minimum Gasteiger partial charge on any atom is -0.297 e. The summed E-state index contributed by atoms with van der Waals surface area (Å²) in [6, 6.07) is 0. The van der Waals surface area contributed by atoms with Gasteiger partial charge in [-0.3, -0.25) is 4.99 Å². The predicted molar refractivity (Wildman–Crippen MR) is 62.0 cm³/mol. The molecule has 82 valence electrons. The molecule has 0 saturated heterocycles. The molecule has 3 atom stereocenters.